The Morgan fingerprint density at radius 3 is 2.37 bits per heavy atom. The van der Waals surface area contributed by atoms with E-state index in [1.54, 1.807) is 5.57 Å². The predicted molar refractivity (Wildman–Crippen MR) is 117 cm³/mol. The van der Waals surface area contributed by atoms with Crippen molar-refractivity contribution in [3.05, 3.63) is 35.9 Å². The largest absolute Gasteiger partial charge is 0.381 e. The third-order valence-corrected chi connectivity index (χ3v) is 6.58. The van der Waals surface area contributed by atoms with E-state index in [-0.39, 0.29) is 12.4 Å². The van der Waals surface area contributed by atoms with Crippen LogP contribution < -0.4 is 4.90 Å². The van der Waals surface area contributed by atoms with Gasteiger partial charge in [-0.05, 0) is 49.2 Å². The molecule has 2 aliphatic heterocycles. The predicted octanol–water partition coefficient (Wildman–Crippen LogP) is 5.00. The summed E-state index contributed by atoms with van der Waals surface area (Å²) in [5, 5.41) is 0. The van der Waals surface area contributed by atoms with Crippen LogP contribution in [0.15, 0.2) is 30.3 Å². The molecule has 4 heteroatoms. The van der Waals surface area contributed by atoms with Crippen molar-refractivity contribution < 1.29 is 4.74 Å². The summed E-state index contributed by atoms with van der Waals surface area (Å²) < 4.78 is 5.54. The van der Waals surface area contributed by atoms with Crippen LogP contribution in [0.5, 0.6) is 0 Å². The smallest absolute Gasteiger partial charge is 0.0480 e. The highest BCUT2D eigenvalue weighted by atomic mass is 35.5. The zero-order chi connectivity index (χ0) is 18.0. The summed E-state index contributed by atoms with van der Waals surface area (Å²) in [5.74, 6) is 0. The molecular formula is C23H35ClN2O. The van der Waals surface area contributed by atoms with Gasteiger partial charge in [0.05, 0.1) is 0 Å². The van der Waals surface area contributed by atoms with E-state index in [4.69, 9.17) is 4.74 Å². The third-order valence-electron chi connectivity index (χ3n) is 6.58. The summed E-state index contributed by atoms with van der Waals surface area (Å²) in [4.78, 5) is 5.32. The quantitative estimate of drug-likeness (QED) is 0.722. The minimum absolute atomic E-state index is 0. The molecule has 2 heterocycles. The van der Waals surface area contributed by atoms with Gasteiger partial charge in [-0.15, -0.1) is 12.4 Å². The molecule has 0 amide bonds. The van der Waals surface area contributed by atoms with Crippen molar-refractivity contribution in [1.82, 2.24) is 4.90 Å². The van der Waals surface area contributed by atoms with Crippen molar-refractivity contribution in [2.24, 2.45) is 5.41 Å². The van der Waals surface area contributed by atoms with Gasteiger partial charge in [0, 0.05) is 56.7 Å². The average molecular weight is 391 g/mol. The molecule has 0 saturated carbocycles. The van der Waals surface area contributed by atoms with Gasteiger partial charge >= 0.3 is 0 Å². The van der Waals surface area contributed by atoms with E-state index in [2.05, 4.69) is 54.0 Å². The van der Waals surface area contributed by atoms with E-state index < -0.39 is 0 Å². The molecule has 27 heavy (non-hydrogen) atoms. The second kappa shape index (κ2) is 8.98. The number of rotatable bonds is 3. The van der Waals surface area contributed by atoms with Crippen LogP contribution in [0.3, 0.4) is 0 Å². The Balaban J connectivity index is 0.00000210. The van der Waals surface area contributed by atoms with Crippen LogP contribution in [-0.2, 0) is 4.74 Å². The Morgan fingerprint density at radius 2 is 1.70 bits per heavy atom. The van der Waals surface area contributed by atoms with Crippen molar-refractivity contribution in [2.45, 2.75) is 52.0 Å². The summed E-state index contributed by atoms with van der Waals surface area (Å²) in [6.07, 6.45) is 8.63. The van der Waals surface area contributed by atoms with Gasteiger partial charge in [-0.25, -0.2) is 0 Å². The van der Waals surface area contributed by atoms with Crippen LogP contribution in [-0.4, -0.2) is 50.3 Å². The second-order valence-electron chi connectivity index (χ2n) is 8.98. The summed E-state index contributed by atoms with van der Waals surface area (Å²) >= 11 is 0. The van der Waals surface area contributed by atoms with E-state index >= 15 is 0 Å². The molecule has 1 aromatic rings. The average Bonchev–Trinajstić information content (AvgIpc) is 2.69. The highest BCUT2D eigenvalue weighted by Crippen LogP contribution is 2.40. The summed E-state index contributed by atoms with van der Waals surface area (Å²) in [6, 6.07) is 9.82. The molecule has 0 atom stereocenters. The molecule has 0 bridgehead atoms. The van der Waals surface area contributed by atoms with Crippen molar-refractivity contribution in [3.63, 3.8) is 0 Å². The van der Waals surface area contributed by atoms with E-state index in [9.17, 15) is 0 Å². The molecule has 0 unspecified atom stereocenters. The maximum absolute atomic E-state index is 5.54. The van der Waals surface area contributed by atoms with Gasteiger partial charge in [-0.2, -0.15) is 0 Å². The third kappa shape index (κ3) is 4.88. The minimum Gasteiger partial charge on any atom is -0.381 e. The van der Waals surface area contributed by atoms with Gasteiger partial charge in [-0.1, -0.05) is 38.1 Å². The lowest BCUT2D eigenvalue weighted by Crippen LogP contribution is -2.51. The number of anilines is 1. The van der Waals surface area contributed by atoms with Gasteiger partial charge < -0.3 is 9.64 Å². The normalized spacial score (nSPS) is 24.2. The maximum atomic E-state index is 5.54. The summed E-state index contributed by atoms with van der Waals surface area (Å²) in [6.45, 7) is 11.3. The molecule has 1 aromatic carbocycles. The number of benzene rings is 1. The molecule has 3 nitrogen and oxygen atoms in total. The molecule has 0 radical (unpaired) electrons. The molecule has 0 aromatic heterocycles. The fraction of sp³-hybridized carbons (Fsp3) is 0.652. The van der Waals surface area contributed by atoms with Crippen LogP contribution in [0.25, 0.3) is 5.57 Å². The van der Waals surface area contributed by atoms with Gasteiger partial charge in [-0.3, -0.25) is 4.90 Å². The Labute approximate surface area is 171 Å². The van der Waals surface area contributed by atoms with E-state index in [1.165, 1.54) is 56.4 Å². The first-order valence-electron chi connectivity index (χ1n) is 10.5. The standard InChI is InChI=1S/C23H34N2O.ClH/c1-23(2)11-7-19(8-12-23)21-5-3-4-6-22(21)25-15-13-24(14-16-25)20-9-17-26-18-10-20;/h3-7,20H,8-18H2,1-2H3;1H. The number of allylic oxidation sites excluding steroid dienone is 2. The summed E-state index contributed by atoms with van der Waals surface area (Å²) in [7, 11) is 0. The Bertz CT molecular complexity index is 644. The van der Waals surface area contributed by atoms with Crippen molar-refractivity contribution >= 4 is 23.7 Å². The zero-order valence-electron chi connectivity index (χ0n) is 17.0. The van der Waals surface area contributed by atoms with Crippen molar-refractivity contribution in [2.75, 3.05) is 44.3 Å². The first-order chi connectivity index (χ1) is 12.6. The highest BCUT2D eigenvalue weighted by Gasteiger charge is 2.27. The number of halogens is 1. The second-order valence-corrected chi connectivity index (χ2v) is 8.98. The fourth-order valence-corrected chi connectivity index (χ4v) is 4.72. The van der Waals surface area contributed by atoms with Crippen LogP contribution in [0, 0.1) is 5.41 Å². The van der Waals surface area contributed by atoms with Gasteiger partial charge in [0.1, 0.15) is 0 Å². The fourth-order valence-electron chi connectivity index (χ4n) is 4.72. The van der Waals surface area contributed by atoms with Crippen LogP contribution >= 0.6 is 12.4 Å². The number of hydrogen-bond donors (Lipinski definition) is 0. The zero-order valence-corrected chi connectivity index (χ0v) is 17.8. The van der Waals surface area contributed by atoms with Crippen LogP contribution in [0.1, 0.15) is 51.5 Å². The number of piperazine rings is 1. The molecule has 4 rings (SSSR count). The van der Waals surface area contributed by atoms with E-state index in [0.717, 1.165) is 32.3 Å². The first kappa shape index (κ1) is 20.7. The number of hydrogen-bond acceptors (Lipinski definition) is 3. The Kier molecular flexibility index (Phi) is 6.88. The Morgan fingerprint density at radius 1 is 1.00 bits per heavy atom. The van der Waals surface area contributed by atoms with Crippen LogP contribution in [0.2, 0.25) is 0 Å². The molecular weight excluding hydrogens is 356 g/mol. The molecule has 3 aliphatic rings. The molecule has 2 saturated heterocycles. The van der Waals surface area contributed by atoms with Gasteiger partial charge in [0.2, 0.25) is 0 Å². The van der Waals surface area contributed by atoms with Crippen molar-refractivity contribution in [1.29, 1.82) is 0 Å². The Hall–Kier alpha value is -1.03. The number of para-hydroxylation sites is 1. The minimum atomic E-state index is 0. The van der Waals surface area contributed by atoms with E-state index in [0.29, 0.717) is 5.41 Å². The first-order valence-corrected chi connectivity index (χ1v) is 10.5. The lowest BCUT2D eigenvalue weighted by atomic mass is 9.77. The number of nitrogens with zero attached hydrogens (tertiary/aromatic N) is 2. The molecule has 1 aliphatic carbocycles. The number of ether oxygens (including phenoxy) is 1. The molecule has 0 N–H and O–H groups in total. The maximum Gasteiger partial charge on any atom is 0.0480 e. The highest BCUT2D eigenvalue weighted by molar-refractivity contribution is 5.85. The van der Waals surface area contributed by atoms with Crippen molar-refractivity contribution in [3.8, 4) is 0 Å². The monoisotopic (exact) mass is 390 g/mol. The van der Waals surface area contributed by atoms with Crippen LogP contribution in [0.4, 0.5) is 5.69 Å². The van der Waals surface area contributed by atoms with Gasteiger partial charge in [0.15, 0.2) is 0 Å². The summed E-state index contributed by atoms with van der Waals surface area (Å²) in [5.41, 5.74) is 4.95. The lowest BCUT2D eigenvalue weighted by Gasteiger charge is -2.42. The molecule has 0 spiro atoms. The van der Waals surface area contributed by atoms with E-state index in [1.807, 2.05) is 0 Å². The topological polar surface area (TPSA) is 15.7 Å². The molecule has 150 valence electrons. The lowest BCUT2D eigenvalue weighted by molar-refractivity contribution is 0.0321. The van der Waals surface area contributed by atoms with Gasteiger partial charge in [0.25, 0.3) is 0 Å². The molecule has 2 fully saturated rings. The SMILES string of the molecule is CC1(C)CC=C(c2ccccc2N2CCN(C3CCOCC3)CC2)CC1.Cl.